The Morgan fingerprint density at radius 2 is 1.50 bits per heavy atom. The van der Waals surface area contributed by atoms with Crippen LogP contribution < -0.4 is 0 Å². The summed E-state index contributed by atoms with van der Waals surface area (Å²) in [5.41, 5.74) is 1.49. The fraction of sp³-hybridized carbons (Fsp3) is 0.353. The maximum atomic E-state index is 12.6. The van der Waals surface area contributed by atoms with Gasteiger partial charge in [0.1, 0.15) is 5.57 Å². The maximum absolute atomic E-state index is 12.6. The second kappa shape index (κ2) is 5.89. The molecule has 7 heteroatoms. The topological polar surface area (TPSA) is 40.6 Å². The number of thiocarbonyl (C=S) groups is 1. The fourth-order valence-corrected chi connectivity index (χ4v) is 5.19. The number of rotatable bonds is 0. The van der Waals surface area contributed by atoms with Crippen molar-refractivity contribution in [2.24, 2.45) is 0 Å². The average Bonchev–Trinajstić information content (AvgIpc) is 2.93. The first-order valence-corrected chi connectivity index (χ1v) is 9.50. The van der Waals surface area contributed by atoms with Gasteiger partial charge in [-0.3, -0.25) is 19.4 Å². The SMILES string of the molecule is CN1C(=O)C(=C2Sc3ccc(C(C)(C)C)cc3S2)C(=O)N(C)C1=S. The molecule has 1 fully saturated rings. The number of carbonyl (C=O) groups excluding carboxylic acids is 2. The minimum absolute atomic E-state index is 0.0548. The van der Waals surface area contributed by atoms with Crippen molar-refractivity contribution in [1.29, 1.82) is 0 Å². The number of carbonyl (C=O) groups is 2. The number of nitrogens with zero attached hydrogens (tertiary/aromatic N) is 2. The van der Waals surface area contributed by atoms with E-state index in [0.29, 0.717) is 0 Å². The molecule has 2 aliphatic heterocycles. The van der Waals surface area contributed by atoms with Crippen LogP contribution >= 0.6 is 35.7 Å². The standard InChI is InChI=1S/C17H18N2O2S3/c1-17(2,3)9-6-7-10-11(8-9)24-15(23-10)12-13(20)18(4)16(22)19(5)14(12)21/h6-8H,1-5H3. The Balaban J connectivity index is 2.02. The highest BCUT2D eigenvalue weighted by Gasteiger charge is 2.39. The summed E-state index contributed by atoms with van der Waals surface area (Å²) in [5, 5.41) is 0.231. The van der Waals surface area contributed by atoms with E-state index in [4.69, 9.17) is 12.2 Å². The van der Waals surface area contributed by atoms with E-state index in [1.165, 1.54) is 38.9 Å². The van der Waals surface area contributed by atoms with Crippen LogP contribution in [0.15, 0.2) is 37.8 Å². The van der Waals surface area contributed by atoms with Crippen molar-refractivity contribution in [2.45, 2.75) is 36.0 Å². The maximum Gasteiger partial charge on any atom is 0.267 e. The number of amides is 2. The van der Waals surface area contributed by atoms with Crippen LogP contribution in [0.25, 0.3) is 0 Å². The average molecular weight is 379 g/mol. The minimum atomic E-state index is -0.332. The van der Waals surface area contributed by atoms with Gasteiger partial charge in [0.15, 0.2) is 5.11 Å². The van der Waals surface area contributed by atoms with Crippen LogP contribution in [0.3, 0.4) is 0 Å². The molecule has 0 atom stereocenters. The number of thioether (sulfide) groups is 2. The number of hydrogen-bond acceptors (Lipinski definition) is 5. The van der Waals surface area contributed by atoms with Crippen LogP contribution in [0.4, 0.5) is 0 Å². The molecule has 4 nitrogen and oxygen atoms in total. The highest BCUT2D eigenvalue weighted by molar-refractivity contribution is 8.24. The molecule has 2 amide bonds. The molecule has 0 bridgehead atoms. The quantitative estimate of drug-likeness (QED) is 0.392. The first-order valence-electron chi connectivity index (χ1n) is 7.46. The van der Waals surface area contributed by atoms with Crippen molar-refractivity contribution in [3.8, 4) is 0 Å². The molecule has 126 valence electrons. The summed E-state index contributed by atoms with van der Waals surface area (Å²) < 4.78 is 0.729. The van der Waals surface area contributed by atoms with E-state index in [0.717, 1.165) is 14.0 Å². The number of fused-ring (bicyclic) bond motifs is 1. The largest absolute Gasteiger partial charge is 0.288 e. The monoisotopic (exact) mass is 378 g/mol. The molecule has 1 aromatic carbocycles. The van der Waals surface area contributed by atoms with Gasteiger partial charge in [-0.05, 0) is 35.3 Å². The van der Waals surface area contributed by atoms with E-state index in [2.05, 4.69) is 39.0 Å². The molecule has 24 heavy (non-hydrogen) atoms. The third kappa shape index (κ3) is 2.78. The minimum Gasteiger partial charge on any atom is -0.288 e. The van der Waals surface area contributed by atoms with Gasteiger partial charge in [0.2, 0.25) is 0 Å². The lowest BCUT2D eigenvalue weighted by Crippen LogP contribution is -2.53. The van der Waals surface area contributed by atoms with Crippen LogP contribution in [0.5, 0.6) is 0 Å². The summed E-state index contributed by atoms with van der Waals surface area (Å²) in [6.45, 7) is 6.50. The molecular weight excluding hydrogens is 360 g/mol. The van der Waals surface area contributed by atoms with Crippen LogP contribution in [0.2, 0.25) is 0 Å². The Morgan fingerprint density at radius 1 is 0.958 bits per heavy atom. The zero-order chi connectivity index (χ0) is 17.8. The summed E-state index contributed by atoms with van der Waals surface area (Å²) in [5.74, 6) is -0.663. The van der Waals surface area contributed by atoms with E-state index in [-0.39, 0.29) is 27.9 Å². The van der Waals surface area contributed by atoms with Gasteiger partial charge in [0.05, 0.1) is 4.24 Å². The van der Waals surface area contributed by atoms with Crippen LogP contribution in [-0.2, 0) is 15.0 Å². The molecule has 0 unspecified atom stereocenters. The molecular formula is C17H18N2O2S3. The van der Waals surface area contributed by atoms with E-state index in [1.807, 2.05) is 0 Å². The Labute approximate surface area is 155 Å². The lowest BCUT2D eigenvalue weighted by molar-refractivity contribution is -0.132. The lowest BCUT2D eigenvalue weighted by atomic mass is 9.87. The van der Waals surface area contributed by atoms with Crippen molar-refractivity contribution in [3.63, 3.8) is 0 Å². The second-order valence-corrected chi connectivity index (χ2v) is 9.52. The molecule has 0 saturated carbocycles. The lowest BCUT2D eigenvalue weighted by Gasteiger charge is -2.32. The molecule has 0 aromatic heterocycles. The van der Waals surface area contributed by atoms with Crippen molar-refractivity contribution in [2.75, 3.05) is 14.1 Å². The zero-order valence-electron chi connectivity index (χ0n) is 14.2. The predicted molar refractivity (Wildman–Crippen MR) is 102 cm³/mol. The van der Waals surface area contributed by atoms with Gasteiger partial charge in [0, 0.05) is 23.9 Å². The van der Waals surface area contributed by atoms with E-state index in [1.54, 1.807) is 14.1 Å². The highest BCUT2D eigenvalue weighted by atomic mass is 32.2. The van der Waals surface area contributed by atoms with E-state index < -0.39 is 0 Å². The second-order valence-electron chi connectivity index (χ2n) is 6.79. The Kier molecular flexibility index (Phi) is 4.30. The van der Waals surface area contributed by atoms with Crippen molar-refractivity contribution in [3.05, 3.63) is 33.6 Å². The van der Waals surface area contributed by atoms with Gasteiger partial charge in [-0.1, -0.05) is 50.4 Å². The predicted octanol–water partition coefficient (Wildman–Crippen LogP) is 3.61. The van der Waals surface area contributed by atoms with Crippen molar-refractivity contribution >= 4 is 52.7 Å². The summed E-state index contributed by atoms with van der Waals surface area (Å²) in [6, 6.07) is 6.32. The smallest absolute Gasteiger partial charge is 0.267 e. The van der Waals surface area contributed by atoms with Crippen LogP contribution in [0.1, 0.15) is 26.3 Å². The molecule has 2 heterocycles. The van der Waals surface area contributed by atoms with Crippen molar-refractivity contribution < 1.29 is 9.59 Å². The van der Waals surface area contributed by atoms with Gasteiger partial charge in [0.25, 0.3) is 11.8 Å². The molecule has 3 rings (SSSR count). The Morgan fingerprint density at radius 3 is 2.04 bits per heavy atom. The fourth-order valence-electron chi connectivity index (χ4n) is 2.46. The molecule has 1 saturated heterocycles. The van der Waals surface area contributed by atoms with Crippen molar-refractivity contribution in [1.82, 2.24) is 9.80 Å². The third-order valence-corrected chi connectivity index (χ3v) is 7.12. The van der Waals surface area contributed by atoms with Crippen LogP contribution in [0, 0.1) is 0 Å². The zero-order valence-corrected chi connectivity index (χ0v) is 16.6. The number of benzene rings is 1. The summed E-state index contributed by atoms with van der Waals surface area (Å²) in [7, 11) is 3.20. The summed E-state index contributed by atoms with van der Waals surface area (Å²) in [6.07, 6.45) is 0. The molecule has 0 spiro atoms. The number of likely N-dealkylation sites (N-methyl/N-ethyl adjacent to an activating group) is 2. The van der Waals surface area contributed by atoms with Crippen LogP contribution in [-0.4, -0.2) is 40.8 Å². The van der Waals surface area contributed by atoms with Gasteiger partial charge in [-0.15, -0.1) is 0 Å². The highest BCUT2D eigenvalue weighted by Crippen LogP contribution is 2.53. The molecule has 0 N–H and O–H groups in total. The molecule has 1 aromatic rings. The Hall–Kier alpha value is -1.31. The van der Waals surface area contributed by atoms with Gasteiger partial charge >= 0.3 is 0 Å². The third-order valence-electron chi connectivity index (χ3n) is 4.03. The summed E-state index contributed by atoms with van der Waals surface area (Å²) in [4.78, 5) is 30.0. The normalized spacial score (nSPS) is 18.6. The molecule has 0 aliphatic carbocycles. The molecule has 0 radical (unpaired) electrons. The van der Waals surface area contributed by atoms with Gasteiger partial charge < -0.3 is 0 Å². The first kappa shape index (κ1) is 17.5. The van der Waals surface area contributed by atoms with E-state index in [9.17, 15) is 9.59 Å². The number of hydrogen-bond donors (Lipinski definition) is 0. The first-order chi connectivity index (χ1) is 11.1. The Bertz CT molecular complexity index is 783. The van der Waals surface area contributed by atoms with E-state index >= 15 is 0 Å². The molecule has 2 aliphatic rings. The summed E-state index contributed by atoms with van der Waals surface area (Å²) >= 11 is 8.10. The van der Waals surface area contributed by atoms with Gasteiger partial charge in [-0.2, -0.15) is 0 Å². The van der Waals surface area contributed by atoms with Gasteiger partial charge in [-0.25, -0.2) is 0 Å².